The maximum Gasteiger partial charge on any atom is 0.263 e. The Balaban J connectivity index is 1.67. The maximum absolute atomic E-state index is 12.3. The van der Waals surface area contributed by atoms with Crippen LogP contribution in [0.1, 0.15) is 22.5 Å². The van der Waals surface area contributed by atoms with Crippen LogP contribution in [0.25, 0.3) is 0 Å². The number of nitrogens with one attached hydrogen (secondary N) is 1. The largest absolute Gasteiger partial charge is 0.338 e. The van der Waals surface area contributed by atoms with Crippen molar-refractivity contribution in [2.24, 2.45) is 11.8 Å². The quantitative estimate of drug-likeness (QED) is 0.824. The Morgan fingerprint density at radius 3 is 2.59 bits per heavy atom. The Labute approximate surface area is 106 Å². The average Bonchev–Trinajstić information content (AvgIpc) is 2.97. The lowest BCUT2D eigenvalue weighted by atomic mass is 9.92. The van der Waals surface area contributed by atoms with E-state index in [1.807, 2.05) is 22.4 Å². The van der Waals surface area contributed by atoms with Crippen molar-refractivity contribution < 1.29 is 4.79 Å². The molecule has 1 aromatic rings. The molecule has 3 nitrogen and oxygen atoms in total. The second-order valence-electron chi connectivity index (χ2n) is 5.03. The summed E-state index contributed by atoms with van der Waals surface area (Å²) in [6.07, 6.45) is 2.32. The molecule has 2 atom stereocenters. The van der Waals surface area contributed by atoms with Crippen molar-refractivity contribution in [1.29, 1.82) is 0 Å². The summed E-state index contributed by atoms with van der Waals surface area (Å²) in [5.41, 5.74) is 0. The molecule has 2 aliphatic heterocycles. The monoisotopic (exact) mass is 250 g/mol. The van der Waals surface area contributed by atoms with E-state index in [1.54, 1.807) is 11.3 Å². The molecule has 2 fully saturated rings. The standard InChI is InChI=1S/C13H18N2OS/c16-13(12-2-1-7-17-12)15-5-3-10-8-14-9-11(10)4-6-15/h1-2,7,10-11,14H,3-6,8-9H2/t10-,11+. The summed E-state index contributed by atoms with van der Waals surface area (Å²) < 4.78 is 0. The van der Waals surface area contributed by atoms with Crippen molar-refractivity contribution >= 4 is 17.2 Å². The number of likely N-dealkylation sites (tertiary alicyclic amines) is 1. The zero-order valence-electron chi connectivity index (χ0n) is 9.89. The Bertz CT molecular complexity index is 376. The van der Waals surface area contributed by atoms with Crippen LogP contribution in [0.3, 0.4) is 0 Å². The van der Waals surface area contributed by atoms with Crippen LogP contribution in [0.4, 0.5) is 0 Å². The molecule has 0 spiro atoms. The topological polar surface area (TPSA) is 32.3 Å². The molecule has 1 N–H and O–H groups in total. The highest BCUT2D eigenvalue weighted by molar-refractivity contribution is 7.12. The van der Waals surface area contributed by atoms with Crippen LogP contribution < -0.4 is 5.32 Å². The van der Waals surface area contributed by atoms with Crippen LogP contribution in [0, 0.1) is 11.8 Å². The Hall–Kier alpha value is -0.870. The van der Waals surface area contributed by atoms with Crippen LogP contribution in [-0.2, 0) is 0 Å². The van der Waals surface area contributed by atoms with Crippen molar-refractivity contribution in [3.8, 4) is 0 Å². The minimum absolute atomic E-state index is 0.230. The van der Waals surface area contributed by atoms with E-state index in [0.717, 1.165) is 55.7 Å². The van der Waals surface area contributed by atoms with E-state index in [1.165, 1.54) is 0 Å². The van der Waals surface area contributed by atoms with E-state index in [4.69, 9.17) is 0 Å². The molecule has 1 aromatic heterocycles. The normalized spacial score (nSPS) is 28.8. The van der Waals surface area contributed by atoms with E-state index in [9.17, 15) is 4.79 Å². The summed E-state index contributed by atoms with van der Waals surface area (Å²) in [5, 5.41) is 5.44. The zero-order chi connectivity index (χ0) is 11.7. The maximum atomic E-state index is 12.3. The van der Waals surface area contributed by atoms with Crippen LogP contribution in [0.5, 0.6) is 0 Å². The lowest BCUT2D eigenvalue weighted by Crippen LogP contribution is -2.32. The Morgan fingerprint density at radius 1 is 1.29 bits per heavy atom. The van der Waals surface area contributed by atoms with E-state index < -0.39 is 0 Å². The van der Waals surface area contributed by atoms with E-state index in [2.05, 4.69) is 5.32 Å². The Morgan fingerprint density at radius 2 is 2.00 bits per heavy atom. The summed E-state index contributed by atoms with van der Waals surface area (Å²) in [4.78, 5) is 15.2. The summed E-state index contributed by atoms with van der Waals surface area (Å²) in [6.45, 7) is 4.15. The molecular weight excluding hydrogens is 232 g/mol. The number of hydrogen-bond donors (Lipinski definition) is 1. The van der Waals surface area contributed by atoms with Gasteiger partial charge in [-0.25, -0.2) is 0 Å². The second-order valence-corrected chi connectivity index (χ2v) is 5.97. The molecule has 92 valence electrons. The van der Waals surface area contributed by atoms with Crippen LogP contribution >= 0.6 is 11.3 Å². The first-order valence-corrected chi connectivity index (χ1v) is 7.26. The van der Waals surface area contributed by atoms with Crippen LogP contribution in [-0.4, -0.2) is 37.0 Å². The molecule has 3 rings (SSSR count). The van der Waals surface area contributed by atoms with Gasteiger partial charge in [-0.2, -0.15) is 0 Å². The smallest absolute Gasteiger partial charge is 0.263 e. The van der Waals surface area contributed by atoms with Crippen molar-refractivity contribution in [1.82, 2.24) is 10.2 Å². The highest BCUT2D eigenvalue weighted by atomic mass is 32.1. The molecule has 0 unspecified atom stereocenters. The lowest BCUT2D eigenvalue weighted by Gasteiger charge is -2.20. The third kappa shape index (κ3) is 2.24. The van der Waals surface area contributed by atoms with Gasteiger partial charge in [0.15, 0.2) is 0 Å². The van der Waals surface area contributed by atoms with E-state index in [-0.39, 0.29) is 5.91 Å². The van der Waals surface area contributed by atoms with Gasteiger partial charge in [0.05, 0.1) is 4.88 Å². The molecular formula is C13H18N2OS. The predicted molar refractivity (Wildman–Crippen MR) is 69.3 cm³/mol. The van der Waals surface area contributed by atoms with Crippen LogP contribution in [0.15, 0.2) is 17.5 Å². The number of fused-ring (bicyclic) bond motifs is 1. The number of hydrogen-bond acceptors (Lipinski definition) is 3. The molecule has 0 aromatic carbocycles. The van der Waals surface area contributed by atoms with Crippen molar-refractivity contribution in [3.05, 3.63) is 22.4 Å². The third-order valence-electron chi connectivity index (χ3n) is 4.04. The number of thiophene rings is 1. The third-order valence-corrected chi connectivity index (χ3v) is 4.90. The lowest BCUT2D eigenvalue weighted by molar-refractivity contribution is 0.0763. The zero-order valence-corrected chi connectivity index (χ0v) is 10.7. The first-order valence-electron chi connectivity index (χ1n) is 6.38. The van der Waals surface area contributed by atoms with Gasteiger partial charge in [-0.15, -0.1) is 11.3 Å². The summed E-state index contributed by atoms with van der Waals surface area (Å²) >= 11 is 1.55. The van der Waals surface area contributed by atoms with Gasteiger partial charge in [0.2, 0.25) is 0 Å². The molecule has 0 radical (unpaired) electrons. The molecule has 17 heavy (non-hydrogen) atoms. The van der Waals surface area contributed by atoms with Gasteiger partial charge in [0, 0.05) is 13.1 Å². The minimum Gasteiger partial charge on any atom is -0.338 e. The molecule has 2 saturated heterocycles. The van der Waals surface area contributed by atoms with E-state index >= 15 is 0 Å². The molecule has 2 aliphatic rings. The molecule has 0 bridgehead atoms. The van der Waals surface area contributed by atoms with Crippen LogP contribution in [0.2, 0.25) is 0 Å². The molecule has 4 heteroatoms. The molecule has 0 aliphatic carbocycles. The number of amides is 1. The second kappa shape index (κ2) is 4.78. The van der Waals surface area contributed by atoms with Gasteiger partial charge in [-0.3, -0.25) is 4.79 Å². The average molecular weight is 250 g/mol. The fraction of sp³-hybridized carbons (Fsp3) is 0.615. The van der Waals surface area contributed by atoms with Gasteiger partial charge < -0.3 is 10.2 Å². The first-order chi connectivity index (χ1) is 8.34. The number of carbonyl (C=O) groups is 1. The fourth-order valence-corrected chi connectivity index (χ4v) is 3.67. The predicted octanol–water partition coefficient (Wildman–Crippen LogP) is 1.82. The highest BCUT2D eigenvalue weighted by Crippen LogP contribution is 2.28. The van der Waals surface area contributed by atoms with Crippen molar-refractivity contribution in [3.63, 3.8) is 0 Å². The van der Waals surface area contributed by atoms with Crippen molar-refractivity contribution in [2.75, 3.05) is 26.2 Å². The number of carbonyl (C=O) groups excluding carboxylic acids is 1. The molecule has 1 amide bonds. The van der Waals surface area contributed by atoms with Gasteiger partial charge >= 0.3 is 0 Å². The van der Waals surface area contributed by atoms with Gasteiger partial charge in [0.1, 0.15) is 0 Å². The highest BCUT2D eigenvalue weighted by Gasteiger charge is 2.31. The first kappa shape index (κ1) is 11.2. The number of nitrogens with zero attached hydrogens (tertiary/aromatic N) is 1. The van der Waals surface area contributed by atoms with E-state index in [0.29, 0.717) is 0 Å². The minimum atomic E-state index is 0.230. The van der Waals surface area contributed by atoms with Gasteiger partial charge in [0.25, 0.3) is 5.91 Å². The van der Waals surface area contributed by atoms with Gasteiger partial charge in [-0.1, -0.05) is 6.07 Å². The molecule has 0 saturated carbocycles. The SMILES string of the molecule is O=C(c1cccs1)N1CC[C@@H]2CNC[C@@H]2CC1. The summed E-state index contributed by atoms with van der Waals surface area (Å²) in [7, 11) is 0. The molecule has 3 heterocycles. The van der Waals surface area contributed by atoms with Crippen molar-refractivity contribution in [2.45, 2.75) is 12.8 Å². The summed E-state index contributed by atoms with van der Waals surface area (Å²) in [5.74, 6) is 1.81. The summed E-state index contributed by atoms with van der Waals surface area (Å²) in [6, 6.07) is 3.88. The van der Waals surface area contributed by atoms with Gasteiger partial charge in [-0.05, 0) is 49.2 Å². The number of rotatable bonds is 1. The fourth-order valence-electron chi connectivity index (χ4n) is 2.98. The Kier molecular flexibility index (Phi) is 3.16.